The van der Waals surface area contributed by atoms with Crippen molar-refractivity contribution in [3.63, 3.8) is 0 Å². The van der Waals surface area contributed by atoms with Crippen molar-refractivity contribution in [2.24, 2.45) is 11.7 Å². The van der Waals surface area contributed by atoms with Crippen molar-refractivity contribution in [2.75, 3.05) is 26.8 Å². The van der Waals surface area contributed by atoms with Crippen LogP contribution in [0.15, 0.2) is 48.5 Å². The highest BCUT2D eigenvalue weighted by Gasteiger charge is 2.37. The van der Waals surface area contributed by atoms with E-state index in [2.05, 4.69) is 17.0 Å². The zero-order chi connectivity index (χ0) is 27.1. The van der Waals surface area contributed by atoms with Gasteiger partial charge in [0.05, 0.1) is 23.8 Å². The molecule has 11 heteroatoms. The van der Waals surface area contributed by atoms with Crippen molar-refractivity contribution in [3.05, 3.63) is 70.8 Å². The fraction of sp³-hybridized carbons (Fsp3) is 0.480. The lowest BCUT2D eigenvalue weighted by molar-refractivity contribution is -0.143. The summed E-state index contributed by atoms with van der Waals surface area (Å²) in [5, 5.41) is 9.26. The lowest BCUT2D eigenvalue weighted by Gasteiger charge is -2.38. The van der Waals surface area contributed by atoms with Crippen molar-refractivity contribution >= 4 is 5.91 Å². The molecule has 1 heterocycles. The van der Waals surface area contributed by atoms with Gasteiger partial charge in [0.2, 0.25) is 5.91 Å². The molecule has 1 saturated heterocycles. The van der Waals surface area contributed by atoms with Crippen molar-refractivity contribution in [3.8, 4) is 0 Å². The number of aliphatic hydroxyl groups excluding tert-OH is 1. The summed E-state index contributed by atoms with van der Waals surface area (Å²) in [6, 6.07) is 11.8. The maximum Gasteiger partial charge on any atom is 0.416 e. The van der Waals surface area contributed by atoms with E-state index in [0.29, 0.717) is 12.1 Å². The van der Waals surface area contributed by atoms with Crippen LogP contribution < -0.4 is 5.73 Å². The highest BCUT2D eigenvalue weighted by Crippen LogP contribution is 2.38. The van der Waals surface area contributed by atoms with E-state index in [4.69, 9.17) is 10.5 Å². The average molecular weight is 521 g/mol. The minimum atomic E-state index is -4.83. The molecular weight excluding hydrogens is 490 g/mol. The number of halogens is 6. The van der Waals surface area contributed by atoms with Gasteiger partial charge in [-0.15, -0.1) is 0 Å². The van der Waals surface area contributed by atoms with E-state index in [1.807, 2.05) is 18.2 Å². The van der Waals surface area contributed by atoms with Gasteiger partial charge in [0.25, 0.3) is 0 Å². The summed E-state index contributed by atoms with van der Waals surface area (Å²) in [6.45, 7) is 2.54. The molecule has 1 aliphatic rings. The first-order chi connectivity index (χ1) is 16.8. The van der Waals surface area contributed by atoms with Crippen LogP contribution >= 0.6 is 0 Å². The molecule has 5 nitrogen and oxygen atoms in total. The largest absolute Gasteiger partial charge is 0.416 e. The third-order valence-corrected chi connectivity index (χ3v) is 6.02. The van der Waals surface area contributed by atoms with Gasteiger partial charge in [0, 0.05) is 26.3 Å². The number of alkyl halides is 6. The van der Waals surface area contributed by atoms with E-state index in [1.165, 1.54) is 19.6 Å². The highest BCUT2D eigenvalue weighted by atomic mass is 19.4. The maximum atomic E-state index is 12.5. The van der Waals surface area contributed by atoms with Gasteiger partial charge in [0.15, 0.2) is 0 Å². The van der Waals surface area contributed by atoms with E-state index in [9.17, 15) is 36.2 Å². The van der Waals surface area contributed by atoms with Gasteiger partial charge in [0.1, 0.15) is 0 Å². The number of carbonyl (C=O) groups excluding carboxylic acids is 1. The standard InChI is InChI=1S/C14H20N2O2.C11H10F6O/c15-14(18)9-16-8-11(10-17)6-7-13(16)12-4-2-1-3-5-12;1-6(18-2)7-3-8(10(12,13)14)5-9(4-7)11(15,16)17/h1-5,11,13,17H,6-10H2,(H2,15,18);3-6H,1-2H3/t11-,13-;6-/m01/s1. The quantitative estimate of drug-likeness (QED) is 0.504. The molecule has 200 valence electrons. The van der Waals surface area contributed by atoms with Crippen molar-refractivity contribution in [1.82, 2.24) is 4.90 Å². The van der Waals surface area contributed by atoms with Crippen LogP contribution in [0.25, 0.3) is 0 Å². The minimum Gasteiger partial charge on any atom is -0.396 e. The molecule has 2 aromatic rings. The second-order valence-electron chi connectivity index (χ2n) is 8.67. The Morgan fingerprint density at radius 1 is 1.06 bits per heavy atom. The van der Waals surface area contributed by atoms with Gasteiger partial charge >= 0.3 is 12.4 Å². The summed E-state index contributed by atoms with van der Waals surface area (Å²) in [5.41, 5.74) is 3.68. The SMILES string of the molecule is CO[C@H](C)c1cc(C(F)(F)F)cc(C(F)(F)F)c1.NC(=O)CN1C[C@@H](CO)CC[C@H]1c1ccccc1. The molecular formula is C25H30F6N2O3. The molecule has 3 N–H and O–H groups in total. The number of primary amides is 1. The molecule has 1 fully saturated rings. The van der Waals surface area contributed by atoms with Gasteiger partial charge < -0.3 is 15.6 Å². The number of carbonyl (C=O) groups is 1. The van der Waals surface area contributed by atoms with E-state index in [-0.39, 0.29) is 42.6 Å². The first-order valence-corrected chi connectivity index (χ1v) is 11.3. The molecule has 3 rings (SSSR count). The molecule has 0 saturated carbocycles. The third kappa shape index (κ3) is 8.49. The average Bonchev–Trinajstić information content (AvgIpc) is 2.82. The van der Waals surface area contributed by atoms with Gasteiger partial charge in [-0.05, 0) is 55.0 Å². The summed E-state index contributed by atoms with van der Waals surface area (Å²) in [7, 11) is 1.21. The molecule has 2 aromatic carbocycles. The number of amides is 1. The Kier molecular flexibility index (Phi) is 10.3. The molecule has 0 unspecified atom stereocenters. The van der Waals surface area contributed by atoms with Crippen LogP contribution in [-0.4, -0.2) is 42.7 Å². The number of benzene rings is 2. The van der Waals surface area contributed by atoms with Crippen molar-refractivity contribution < 1.29 is 41.0 Å². The Morgan fingerprint density at radius 2 is 1.61 bits per heavy atom. The van der Waals surface area contributed by atoms with Crippen LogP contribution in [0.1, 0.15) is 54.2 Å². The van der Waals surface area contributed by atoms with E-state index >= 15 is 0 Å². The Morgan fingerprint density at radius 3 is 2.06 bits per heavy atom. The second kappa shape index (κ2) is 12.6. The smallest absolute Gasteiger partial charge is 0.396 e. The van der Waals surface area contributed by atoms with Crippen molar-refractivity contribution in [1.29, 1.82) is 0 Å². The van der Waals surface area contributed by atoms with E-state index in [1.54, 1.807) is 0 Å². The highest BCUT2D eigenvalue weighted by molar-refractivity contribution is 5.76. The number of likely N-dealkylation sites (tertiary alicyclic amines) is 1. The monoisotopic (exact) mass is 520 g/mol. The Labute approximate surface area is 205 Å². The lowest BCUT2D eigenvalue weighted by atomic mass is 9.89. The Hall–Kier alpha value is -2.63. The van der Waals surface area contributed by atoms with Crippen LogP contribution in [0.4, 0.5) is 26.3 Å². The van der Waals surface area contributed by atoms with E-state index in [0.717, 1.165) is 19.4 Å². The topological polar surface area (TPSA) is 75.8 Å². The van der Waals surface area contributed by atoms with Crippen LogP contribution in [-0.2, 0) is 21.9 Å². The number of ether oxygens (including phenoxy) is 1. The van der Waals surface area contributed by atoms with Crippen LogP contribution in [0.2, 0.25) is 0 Å². The first kappa shape index (κ1) is 29.6. The number of hydrogen-bond acceptors (Lipinski definition) is 4. The normalized spacial score (nSPS) is 19.8. The predicted octanol–water partition coefficient (Wildman–Crippen LogP) is 5.35. The number of nitrogens with zero attached hydrogens (tertiary/aromatic N) is 1. The van der Waals surface area contributed by atoms with Gasteiger partial charge in [-0.2, -0.15) is 26.3 Å². The Balaban J connectivity index is 0.000000254. The van der Waals surface area contributed by atoms with Crippen LogP contribution in [0.3, 0.4) is 0 Å². The number of hydrogen-bond donors (Lipinski definition) is 2. The molecule has 0 spiro atoms. The molecule has 0 bridgehead atoms. The lowest BCUT2D eigenvalue weighted by Crippen LogP contribution is -2.43. The molecule has 1 amide bonds. The molecule has 0 radical (unpaired) electrons. The Bertz CT molecular complexity index is 950. The summed E-state index contributed by atoms with van der Waals surface area (Å²) in [6.07, 6.45) is -8.56. The second-order valence-corrected chi connectivity index (χ2v) is 8.67. The molecule has 0 aliphatic carbocycles. The third-order valence-electron chi connectivity index (χ3n) is 6.02. The number of methoxy groups -OCH3 is 1. The van der Waals surface area contributed by atoms with Crippen molar-refractivity contribution in [2.45, 2.75) is 44.3 Å². The van der Waals surface area contributed by atoms with Gasteiger partial charge in [-0.3, -0.25) is 9.69 Å². The van der Waals surface area contributed by atoms with E-state index < -0.39 is 29.6 Å². The molecule has 1 aliphatic heterocycles. The van der Waals surface area contributed by atoms with Crippen LogP contribution in [0, 0.1) is 5.92 Å². The van der Waals surface area contributed by atoms with Gasteiger partial charge in [-0.1, -0.05) is 30.3 Å². The first-order valence-electron chi connectivity index (χ1n) is 11.3. The number of piperidine rings is 1. The summed E-state index contributed by atoms with van der Waals surface area (Å²) >= 11 is 0. The minimum absolute atomic E-state index is 0.0892. The number of rotatable bonds is 6. The summed E-state index contributed by atoms with van der Waals surface area (Å²) in [5.74, 6) is -0.0566. The molecule has 3 atom stereocenters. The van der Waals surface area contributed by atoms with Crippen LogP contribution in [0.5, 0.6) is 0 Å². The molecule has 36 heavy (non-hydrogen) atoms. The summed E-state index contributed by atoms with van der Waals surface area (Å²) < 4.78 is 79.7. The summed E-state index contributed by atoms with van der Waals surface area (Å²) in [4.78, 5) is 13.2. The number of nitrogens with two attached hydrogens (primary N) is 1. The molecule has 0 aromatic heterocycles. The zero-order valence-corrected chi connectivity index (χ0v) is 19.9. The fourth-order valence-electron chi connectivity index (χ4n) is 4.05. The predicted molar refractivity (Wildman–Crippen MR) is 122 cm³/mol. The maximum absolute atomic E-state index is 12.5. The number of aliphatic hydroxyl groups is 1. The van der Waals surface area contributed by atoms with Gasteiger partial charge in [-0.25, -0.2) is 0 Å². The zero-order valence-electron chi connectivity index (χ0n) is 19.9. The fourth-order valence-corrected chi connectivity index (χ4v) is 4.05.